The van der Waals surface area contributed by atoms with Gasteiger partial charge in [0.1, 0.15) is 5.75 Å². The average molecular weight is 267 g/mol. The van der Waals surface area contributed by atoms with Crippen molar-refractivity contribution in [3.05, 3.63) is 29.8 Å². The van der Waals surface area contributed by atoms with Crippen LogP contribution in [-0.2, 0) is 6.54 Å². The Hall–Kier alpha value is -1.36. The van der Waals surface area contributed by atoms with Gasteiger partial charge in [-0.15, -0.1) is 0 Å². The lowest BCUT2D eigenvalue weighted by Crippen LogP contribution is -2.38. The van der Waals surface area contributed by atoms with Gasteiger partial charge >= 0.3 is 0 Å². The monoisotopic (exact) mass is 267 g/mol. The van der Waals surface area contributed by atoms with Crippen molar-refractivity contribution in [2.75, 3.05) is 25.1 Å². The summed E-state index contributed by atoms with van der Waals surface area (Å²) < 4.78 is 0. The number of thioether (sulfide) groups is 1. The molecule has 0 saturated carbocycles. The Labute approximate surface area is 113 Å². The lowest BCUT2D eigenvalue weighted by atomic mass is 10.2. The van der Waals surface area contributed by atoms with Gasteiger partial charge in [0.25, 0.3) is 0 Å². The number of phenols is 1. The Kier molecular flexibility index (Phi) is 7.10. The first-order valence-corrected chi connectivity index (χ1v) is 7.44. The van der Waals surface area contributed by atoms with E-state index >= 15 is 0 Å². The quantitative estimate of drug-likeness (QED) is 0.418. The molecule has 0 radical (unpaired) electrons. The van der Waals surface area contributed by atoms with Crippen LogP contribution in [0.25, 0.3) is 0 Å². The third-order valence-corrected chi connectivity index (χ3v) is 2.91. The second kappa shape index (κ2) is 8.69. The standard InChI is InChI=1S/C13H21N3OS/c1-3-14-13(15-8-9-18-2)16-10-11-4-6-12(17)7-5-11/h4-7,17H,3,8-10H2,1-2H3,(H2,14,15,16). The predicted molar refractivity (Wildman–Crippen MR) is 79.3 cm³/mol. The smallest absolute Gasteiger partial charge is 0.191 e. The van der Waals surface area contributed by atoms with Crippen LogP contribution in [-0.4, -0.2) is 36.2 Å². The van der Waals surface area contributed by atoms with Crippen LogP contribution >= 0.6 is 11.8 Å². The molecule has 1 aromatic carbocycles. The fourth-order valence-corrected chi connectivity index (χ4v) is 1.69. The summed E-state index contributed by atoms with van der Waals surface area (Å²) in [4.78, 5) is 4.49. The van der Waals surface area contributed by atoms with Gasteiger partial charge in [-0.05, 0) is 30.9 Å². The first-order chi connectivity index (χ1) is 8.76. The molecule has 0 aliphatic carbocycles. The number of rotatable bonds is 6. The van der Waals surface area contributed by atoms with Gasteiger partial charge in [-0.25, -0.2) is 4.99 Å². The summed E-state index contributed by atoms with van der Waals surface area (Å²) >= 11 is 1.80. The summed E-state index contributed by atoms with van der Waals surface area (Å²) in [6.45, 7) is 4.41. The van der Waals surface area contributed by atoms with E-state index in [-0.39, 0.29) is 5.75 Å². The van der Waals surface area contributed by atoms with Gasteiger partial charge in [0.05, 0.1) is 6.54 Å². The van der Waals surface area contributed by atoms with E-state index in [1.807, 2.05) is 19.1 Å². The Morgan fingerprint density at radius 2 is 2.00 bits per heavy atom. The molecule has 4 nitrogen and oxygen atoms in total. The molecule has 3 N–H and O–H groups in total. The van der Waals surface area contributed by atoms with E-state index in [2.05, 4.69) is 21.9 Å². The van der Waals surface area contributed by atoms with Crippen molar-refractivity contribution >= 4 is 17.7 Å². The van der Waals surface area contributed by atoms with Gasteiger partial charge in [-0.3, -0.25) is 0 Å². The normalized spacial score (nSPS) is 11.3. The Bertz CT molecular complexity index is 365. The second-order valence-electron chi connectivity index (χ2n) is 3.78. The van der Waals surface area contributed by atoms with Crippen molar-refractivity contribution in [1.82, 2.24) is 10.6 Å². The average Bonchev–Trinajstić information content (AvgIpc) is 2.38. The molecule has 0 atom stereocenters. The fraction of sp³-hybridized carbons (Fsp3) is 0.462. The SMILES string of the molecule is CCNC(=NCc1ccc(O)cc1)NCCSC. The van der Waals surface area contributed by atoms with E-state index in [4.69, 9.17) is 0 Å². The van der Waals surface area contributed by atoms with Crippen LogP contribution in [0.15, 0.2) is 29.3 Å². The lowest BCUT2D eigenvalue weighted by Gasteiger charge is -2.10. The number of nitrogens with one attached hydrogen (secondary N) is 2. The minimum Gasteiger partial charge on any atom is -0.508 e. The zero-order chi connectivity index (χ0) is 13.2. The molecule has 0 spiro atoms. The summed E-state index contributed by atoms with van der Waals surface area (Å²) in [5, 5.41) is 15.7. The van der Waals surface area contributed by atoms with Crippen molar-refractivity contribution < 1.29 is 5.11 Å². The van der Waals surface area contributed by atoms with Crippen molar-refractivity contribution in [3.8, 4) is 5.75 Å². The Morgan fingerprint density at radius 3 is 2.61 bits per heavy atom. The van der Waals surface area contributed by atoms with Crippen LogP contribution in [0.3, 0.4) is 0 Å². The zero-order valence-electron chi connectivity index (χ0n) is 10.9. The highest BCUT2D eigenvalue weighted by atomic mass is 32.2. The molecule has 0 aliphatic rings. The molecule has 0 heterocycles. The Morgan fingerprint density at radius 1 is 1.28 bits per heavy atom. The number of guanidine groups is 1. The fourth-order valence-electron chi connectivity index (χ4n) is 1.38. The number of phenolic OH excluding ortho intramolecular Hbond substituents is 1. The van der Waals surface area contributed by atoms with E-state index in [9.17, 15) is 5.11 Å². The maximum Gasteiger partial charge on any atom is 0.191 e. The van der Waals surface area contributed by atoms with E-state index < -0.39 is 0 Å². The minimum atomic E-state index is 0.285. The number of benzene rings is 1. The lowest BCUT2D eigenvalue weighted by molar-refractivity contribution is 0.475. The summed E-state index contributed by atoms with van der Waals surface area (Å²) in [5.74, 6) is 2.18. The molecule has 0 amide bonds. The van der Waals surface area contributed by atoms with Crippen molar-refractivity contribution in [2.24, 2.45) is 4.99 Å². The topological polar surface area (TPSA) is 56.7 Å². The maximum absolute atomic E-state index is 9.20. The van der Waals surface area contributed by atoms with Crippen LogP contribution in [0, 0.1) is 0 Å². The van der Waals surface area contributed by atoms with Gasteiger partial charge in [0.15, 0.2) is 5.96 Å². The third kappa shape index (κ3) is 5.82. The van der Waals surface area contributed by atoms with E-state index in [1.165, 1.54) is 0 Å². The van der Waals surface area contributed by atoms with Crippen molar-refractivity contribution in [2.45, 2.75) is 13.5 Å². The maximum atomic E-state index is 9.20. The van der Waals surface area contributed by atoms with Crippen molar-refractivity contribution in [1.29, 1.82) is 0 Å². The Balaban J connectivity index is 2.50. The van der Waals surface area contributed by atoms with E-state index in [0.717, 1.165) is 30.4 Å². The highest BCUT2D eigenvalue weighted by Gasteiger charge is 1.97. The summed E-state index contributed by atoms with van der Waals surface area (Å²) in [6.07, 6.45) is 2.09. The largest absolute Gasteiger partial charge is 0.508 e. The van der Waals surface area contributed by atoms with Crippen LogP contribution in [0.1, 0.15) is 12.5 Å². The van der Waals surface area contributed by atoms with Crippen LogP contribution < -0.4 is 10.6 Å². The van der Waals surface area contributed by atoms with Crippen LogP contribution in [0.2, 0.25) is 0 Å². The van der Waals surface area contributed by atoms with Gasteiger partial charge in [-0.1, -0.05) is 12.1 Å². The van der Waals surface area contributed by atoms with Gasteiger partial charge < -0.3 is 15.7 Å². The first-order valence-electron chi connectivity index (χ1n) is 6.05. The number of hydrogen-bond donors (Lipinski definition) is 3. The van der Waals surface area contributed by atoms with Gasteiger partial charge in [0, 0.05) is 18.8 Å². The molecule has 100 valence electrons. The molecule has 0 unspecified atom stereocenters. The van der Waals surface area contributed by atoms with E-state index in [1.54, 1.807) is 23.9 Å². The number of aliphatic imine (C=N–C) groups is 1. The molecule has 1 aromatic rings. The van der Waals surface area contributed by atoms with Crippen LogP contribution in [0.5, 0.6) is 5.75 Å². The second-order valence-corrected chi connectivity index (χ2v) is 4.77. The summed E-state index contributed by atoms with van der Waals surface area (Å²) in [7, 11) is 0. The third-order valence-electron chi connectivity index (χ3n) is 2.30. The molecule has 0 fully saturated rings. The minimum absolute atomic E-state index is 0.285. The first kappa shape index (κ1) is 14.7. The summed E-state index contributed by atoms with van der Waals surface area (Å²) in [6, 6.07) is 7.12. The summed E-state index contributed by atoms with van der Waals surface area (Å²) in [5.41, 5.74) is 1.08. The highest BCUT2D eigenvalue weighted by molar-refractivity contribution is 7.98. The molecular weight excluding hydrogens is 246 g/mol. The van der Waals surface area contributed by atoms with Crippen LogP contribution in [0.4, 0.5) is 0 Å². The predicted octanol–water partition coefficient (Wildman–Crippen LogP) is 1.81. The number of nitrogens with zero attached hydrogens (tertiary/aromatic N) is 1. The molecule has 0 bridgehead atoms. The molecule has 0 saturated heterocycles. The molecule has 5 heteroatoms. The molecule has 1 rings (SSSR count). The van der Waals surface area contributed by atoms with Gasteiger partial charge in [0.2, 0.25) is 0 Å². The van der Waals surface area contributed by atoms with Crippen molar-refractivity contribution in [3.63, 3.8) is 0 Å². The van der Waals surface area contributed by atoms with E-state index in [0.29, 0.717) is 6.54 Å². The molecule has 18 heavy (non-hydrogen) atoms. The number of hydrogen-bond acceptors (Lipinski definition) is 3. The number of aromatic hydroxyl groups is 1. The van der Waals surface area contributed by atoms with Gasteiger partial charge in [-0.2, -0.15) is 11.8 Å². The molecule has 0 aliphatic heterocycles. The highest BCUT2D eigenvalue weighted by Crippen LogP contribution is 2.10. The molecule has 0 aromatic heterocycles. The molecular formula is C13H21N3OS. The zero-order valence-corrected chi connectivity index (χ0v) is 11.8.